The molecule has 0 aromatic heterocycles. The predicted molar refractivity (Wildman–Crippen MR) is 72.0 cm³/mol. The van der Waals surface area contributed by atoms with Crippen LogP contribution in [0.4, 0.5) is 5.69 Å². The Labute approximate surface area is 118 Å². The number of halogens is 1. The minimum absolute atomic E-state index is 0.00546. The third kappa shape index (κ3) is 4.77. The van der Waals surface area contributed by atoms with E-state index in [0.29, 0.717) is 4.90 Å². The lowest BCUT2D eigenvalue weighted by atomic mass is 10.3. The van der Waals surface area contributed by atoms with E-state index in [1.165, 1.54) is 18.2 Å². The molecule has 0 bridgehead atoms. The number of hydrogen-bond acceptors (Lipinski definition) is 5. The van der Waals surface area contributed by atoms with Crippen molar-refractivity contribution < 1.29 is 9.72 Å². The Morgan fingerprint density at radius 1 is 1.68 bits per heavy atom. The molecule has 0 aliphatic heterocycles. The fourth-order valence-electron chi connectivity index (χ4n) is 1.21. The number of nitro benzene ring substituents is 1. The average molecular weight is 300 g/mol. The quantitative estimate of drug-likeness (QED) is 0.511. The lowest BCUT2D eigenvalue weighted by Gasteiger charge is -2.06. The number of hydrogen-bond donors (Lipinski definition) is 1. The van der Waals surface area contributed by atoms with Crippen molar-refractivity contribution in [1.29, 1.82) is 5.26 Å². The molecule has 6 nitrogen and oxygen atoms in total. The number of benzene rings is 1. The van der Waals surface area contributed by atoms with Gasteiger partial charge >= 0.3 is 0 Å². The van der Waals surface area contributed by atoms with Gasteiger partial charge in [-0.25, -0.2) is 0 Å². The Bertz CT molecular complexity index is 544. The third-order valence-corrected chi connectivity index (χ3v) is 3.35. The van der Waals surface area contributed by atoms with Crippen molar-refractivity contribution in [3.63, 3.8) is 0 Å². The van der Waals surface area contributed by atoms with Gasteiger partial charge in [-0.3, -0.25) is 14.9 Å². The highest BCUT2D eigenvalue weighted by Gasteiger charge is 2.16. The molecule has 19 heavy (non-hydrogen) atoms. The normalized spacial score (nSPS) is 11.4. The van der Waals surface area contributed by atoms with Crippen LogP contribution in [0.3, 0.4) is 0 Å². The summed E-state index contributed by atoms with van der Waals surface area (Å²) >= 11 is 6.71. The van der Waals surface area contributed by atoms with E-state index in [1.807, 2.05) is 6.07 Å². The van der Waals surface area contributed by atoms with Gasteiger partial charge in [-0.2, -0.15) is 5.26 Å². The van der Waals surface area contributed by atoms with E-state index in [0.717, 1.165) is 11.8 Å². The summed E-state index contributed by atoms with van der Waals surface area (Å²) in [5, 5.41) is 22.1. The van der Waals surface area contributed by atoms with E-state index < -0.39 is 11.0 Å². The molecule has 0 saturated heterocycles. The van der Waals surface area contributed by atoms with Crippen LogP contribution in [-0.4, -0.2) is 22.6 Å². The van der Waals surface area contributed by atoms with Crippen LogP contribution in [0.2, 0.25) is 5.02 Å². The van der Waals surface area contributed by atoms with Gasteiger partial charge in [0.15, 0.2) is 0 Å². The van der Waals surface area contributed by atoms with Crippen LogP contribution in [0.25, 0.3) is 0 Å². The second kappa shape index (κ2) is 6.97. The molecule has 0 saturated carbocycles. The number of rotatable bonds is 5. The first-order valence-electron chi connectivity index (χ1n) is 5.19. The van der Waals surface area contributed by atoms with Crippen LogP contribution < -0.4 is 5.32 Å². The summed E-state index contributed by atoms with van der Waals surface area (Å²) in [6.45, 7) is 1.55. The van der Waals surface area contributed by atoms with E-state index >= 15 is 0 Å². The second-order valence-electron chi connectivity index (χ2n) is 3.58. The van der Waals surface area contributed by atoms with Crippen LogP contribution in [0.15, 0.2) is 23.1 Å². The maximum Gasteiger partial charge on any atom is 0.284 e. The second-order valence-corrected chi connectivity index (χ2v) is 5.03. The van der Waals surface area contributed by atoms with Crippen molar-refractivity contribution in [1.82, 2.24) is 5.32 Å². The molecular weight excluding hydrogens is 290 g/mol. The van der Waals surface area contributed by atoms with Crippen molar-refractivity contribution in [3.8, 4) is 6.07 Å². The Morgan fingerprint density at radius 2 is 2.37 bits per heavy atom. The average Bonchev–Trinajstić information content (AvgIpc) is 2.36. The van der Waals surface area contributed by atoms with Crippen molar-refractivity contribution >= 4 is 35.0 Å². The zero-order valence-corrected chi connectivity index (χ0v) is 11.5. The highest BCUT2D eigenvalue weighted by atomic mass is 35.5. The predicted octanol–water partition coefficient (Wildman–Crippen LogP) is 2.37. The molecule has 1 atom stereocenters. The number of nitro groups is 1. The molecule has 1 rings (SSSR count). The highest BCUT2D eigenvalue weighted by molar-refractivity contribution is 8.00. The molecule has 0 radical (unpaired) electrons. The summed E-state index contributed by atoms with van der Waals surface area (Å²) in [5.41, 5.74) is -0.140. The molecule has 0 fully saturated rings. The number of carbonyl (C=O) groups is 1. The van der Waals surface area contributed by atoms with Crippen LogP contribution in [-0.2, 0) is 4.79 Å². The SMILES string of the molecule is CC(C#N)NC(=O)CSc1ccc(Cl)cc1[N+](=O)[O-]. The Hall–Kier alpha value is -1.78. The number of nitrogens with zero attached hydrogens (tertiary/aromatic N) is 2. The van der Waals surface area contributed by atoms with Gasteiger partial charge in [0.05, 0.1) is 21.6 Å². The summed E-state index contributed by atoms with van der Waals surface area (Å²) < 4.78 is 0. The number of nitrogens with one attached hydrogen (secondary N) is 1. The Kier molecular flexibility index (Phi) is 5.60. The first-order chi connectivity index (χ1) is 8.93. The molecule has 1 aromatic rings. The van der Waals surface area contributed by atoms with Crippen LogP contribution in [0, 0.1) is 21.4 Å². The summed E-state index contributed by atoms with van der Waals surface area (Å²) in [4.78, 5) is 22.1. The monoisotopic (exact) mass is 299 g/mol. The van der Waals surface area contributed by atoms with Crippen LogP contribution in [0.1, 0.15) is 6.92 Å². The standard InChI is InChI=1S/C11H10ClN3O3S/c1-7(5-13)14-11(16)6-19-10-3-2-8(12)4-9(10)15(17)18/h2-4,7H,6H2,1H3,(H,14,16). The van der Waals surface area contributed by atoms with Crippen LogP contribution in [0.5, 0.6) is 0 Å². The summed E-state index contributed by atoms with van der Waals surface area (Å²) in [6.07, 6.45) is 0. The molecule has 1 amide bonds. The summed E-state index contributed by atoms with van der Waals surface area (Å²) in [5.74, 6) is -0.364. The highest BCUT2D eigenvalue weighted by Crippen LogP contribution is 2.31. The topological polar surface area (TPSA) is 96.0 Å². The maximum absolute atomic E-state index is 11.5. The smallest absolute Gasteiger partial charge is 0.284 e. The van der Waals surface area contributed by atoms with Gasteiger partial charge in [0, 0.05) is 11.1 Å². The van der Waals surface area contributed by atoms with Gasteiger partial charge < -0.3 is 5.32 Å². The zero-order chi connectivity index (χ0) is 14.4. The zero-order valence-electron chi connectivity index (χ0n) is 9.92. The minimum atomic E-state index is -0.590. The van der Waals surface area contributed by atoms with E-state index in [1.54, 1.807) is 6.92 Å². The third-order valence-electron chi connectivity index (χ3n) is 2.05. The van der Waals surface area contributed by atoms with E-state index in [2.05, 4.69) is 5.32 Å². The number of carbonyl (C=O) groups excluding carboxylic acids is 1. The van der Waals surface area contributed by atoms with E-state index in [-0.39, 0.29) is 22.4 Å². The Morgan fingerprint density at radius 3 is 2.95 bits per heavy atom. The molecule has 100 valence electrons. The molecular formula is C11H10ClN3O3S. The molecule has 0 aliphatic rings. The summed E-state index contributed by atoms with van der Waals surface area (Å²) in [6, 6.07) is 5.52. The van der Waals surface area contributed by atoms with Gasteiger partial charge in [-0.15, -0.1) is 11.8 Å². The molecule has 1 N–H and O–H groups in total. The number of amides is 1. The Balaban J connectivity index is 2.71. The van der Waals surface area contributed by atoms with Crippen molar-refractivity contribution in [3.05, 3.63) is 33.3 Å². The number of nitriles is 1. The van der Waals surface area contributed by atoms with Gasteiger partial charge in [0.1, 0.15) is 6.04 Å². The van der Waals surface area contributed by atoms with Gasteiger partial charge in [-0.05, 0) is 19.1 Å². The number of thioether (sulfide) groups is 1. The van der Waals surface area contributed by atoms with Crippen molar-refractivity contribution in [2.75, 3.05) is 5.75 Å². The van der Waals surface area contributed by atoms with E-state index in [9.17, 15) is 14.9 Å². The van der Waals surface area contributed by atoms with Crippen molar-refractivity contribution in [2.24, 2.45) is 0 Å². The van der Waals surface area contributed by atoms with Crippen molar-refractivity contribution in [2.45, 2.75) is 17.9 Å². The maximum atomic E-state index is 11.5. The molecule has 8 heteroatoms. The largest absolute Gasteiger partial charge is 0.340 e. The lowest BCUT2D eigenvalue weighted by Crippen LogP contribution is -2.32. The fraction of sp³-hybridized carbons (Fsp3) is 0.273. The van der Waals surface area contributed by atoms with E-state index in [4.69, 9.17) is 16.9 Å². The molecule has 0 heterocycles. The van der Waals surface area contributed by atoms with Gasteiger partial charge in [0.2, 0.25) is 5.91 Å². The summed E-state index contributed by atoms with van der Waals surface area (Å²) in [7, 11) is 0. The lowest BCUT2D eigenvalue weighted by molar-refractivity contribution is -0.387. The van der Waals surface area contributed by atoms with Gasteiger partial charge in [-0.1, -0.05) is 11.6 Å². The molecule has 0 aliphatic carbocycles. The fourth-order valence-corrected chi connectivity index (χ4v) is 2.20. The minimum Gasteiger partial charge on any atom is -0.340 e. The molecule has 1 aromatic carbocycles. The first-order valence-corrected chi connectivity index (χ1v) is 6.56. The van der Waals surface area contributed by atoms with Crippen LogP contribution >= 0.6 is 23.4 Å². The molecule has 0 spiro atoms. The molecule has 1 unspecified atom stereocenters. The van der Waals surface area contributed by atoms with Gasteiger partial charge in [0.25, 0.3) is 5.69 Å². The first kappa shape index (κ1) is 15.3.